The summed E-state index contributed by atoms with van der Waals surface area (Å²) < 4.78 is 1.83. The lowest BCUT2D eigenvalue weighted by Gasteiger charge is -2.21. The first-order chi connectivity index (χ1) is 8.25. The Labute approximate surface area is 100 Å². The van der Waals surface area contributed by atoms with Gasteiger partial charge in [0.05, 0.1) is 6.20 Å². The Bertz CT molecular complexity index is 557. The molecule has 1 aromatic carbocycles. The number of nitrogens with two attached hydrogens (primary N) is 1. The van der Waals surface area contributed by atoms with Gasteiger partial charge in [0.25, 0.3) is 0 Å². The van der Waals surface area contributed by atoms with Gasteiger partial charge >= 0.3 is 0 Å². The van der Waals surface area contributed by atoms with E-state index in [0.717, 1.165) is 25.2 Å². The third-order valence-corrected chi connectivity index (χ3v) is 3.34. The maximum absolute atomic E-state index is 6.03. The third-order valence-electron chi connectivity index (χ3n) is 3.34. The number of fused-ring (bicyclic) bond motifs is 1. The fourth-order valence-electron chi connectivity index (χ4n) is 2.46. The van der Waals surface area contributed by atoms with Gasteiger partial charge in [-0.1, -0.05) is 6.07 Å². The summed E-state index contributed by atoms with van der Waals surface area (Å²) in [6, 6.07) is 4.10. The molecule has 4 heteroatoms. The van der Waals surface area contributed by atoms with Crippen LogP contribution in [0.25, 0.3) is 11.1 Å². The number of rotatable bonds is 1. The maximum atomic E-state index is 6.03. The highest BCUT2D eigenvalue weighted by Crippen LogP contribution is 2.31. The van der Waals surface area contributed by atoms with Crippen LogP contribution in [0, 0.1) is 0 Å². The molecule has 0 atom stereocenters. The first-order valence-electron chi connectivity index (χ1n) is 5.85. The van der Waals surface area contributed by atoms with Gasteiger partial charge in [-0.05, 0) is 35.7 Å². The smallest absolute Gasteiger partial charge is 0.0568 e. The quantitative estimate of drug-likeness (QED) is 0.724. The van der Waals surface area contributed by atoms with Crippen LogP contribution in [0.4, 0.5) is 5.69 Å². The van der Waals surface area contributed by atoms with Crippen LogP contribution in [0.2, 0.25) is 0 Å². The van der Waals surface area contributed by atoms with E-state index in [0.29, 0.717) is 0 Å². The Morgan fingerprint density at radius 2 is 2.24 bits per heavy atom. The summed E-state index contributed by atoms with van der Waals surface area (Å²) in [6.45, 7) is 1.89. The zero-order valence-electron chi connectivity index (χ0n) is 9.90. The molecule has 0 unspecified atom stereocenters. The minimum atomic E-state index is 0.870. The number of nitrogens with zero attached hydrogens (tertiary/aromatic N) is 2. The number of nitrogen functional groups attached to an aromatic ring is 1. The molecule has 2 aromatic rings. The van der Waals surface area contributed by atoms with E-state index < -0.39 is 0 Å². The molecule has 2 heterocycles. The number of aryl methyl sites for hydroxylation is 1. The van der Waals surface area contributed by atoms with E-state index in [-0.39, 0.29) is 0 Å². The molecule has 0 saturated carbocycles. The van der Waals surface area contributed by atoms with Crippen molar-refractivity contribution in [2.24, 2.45) is 7.05 Å². The minimum Gasteiger partial charge on any atom is -0.398 e. The van der Waals surface area contributed by atoms with Crippen molar-refractivity contribution in [1.29, 1.82) is 0 Å². The lowest BCUT2D eigenvalue weighted by atomic mass is 9.91. The highest BCUT2D eigenvalue weighted by atomic mass is 15.2. The Kier molecular flexibility index (Phi) is 2.37. The fourth-order valence-corrected chi connectivity index (χ4v) is 2.46. The van der Waals surface area contributed by atoms with Crippen LogP contribution >= 0.6 is 0 Å². The predicted octanol–water partition coefficient (Wildman–Crippen LogP) is 1.32. The molecule has 0 saturated heterocycles. The van der Waals surface area contributed by atoms with Crippen LogP contribution in [0.1, 0.15) is 11.1 Å². The number of nitrogens with one attached hydrogen (secondary N) is 1. The molecule has 0 bridgehead atoms. The first kappa shape index (κ1) is 10.4. The second kappa shape index (κ2) is 3.89. The second-order valence-electron chi connectivity index (χ2n) is 4.49. The highest BCUT2D eigenvalue weighted by molar-refractivity contribution is 5.72. The number of hydrogen-bond acceptors (Lipinski definition) is 3. The van der Waals surface area contributed by atoms with Crippen molar-refractivity contribution in [2.75, 3.05) is 12.3 Å². The van der Waals surface area contributed by atoms with Gasteiger partial charge in [-0.3, -0.25) is 4.68 Å². The average Bonchev–Trinajstić information content (AvgIpc) is 2.77. The topological polar surface area (TPSA) is 55.9 Å². The van der Waals surface area contributed by atoms with E-state index in [1.54, 1.807) is 0 Å². The van der Waals surface area contributed by atoms with E-state index in [4.69, 9.17) is 5.73 Å². The molecule has 3 rings (SSSR count). The van der Waals surface area contributed by atoms with Crippen molar-refractivity contribution in [3.05, 3.63) is 35.7 Å². The summed E-state index contributed by atoms with van der Waals surface area (Å²) in [7, 11) is 1.94. The normalized spacial score (nSPS) is 14.6. The minimum absolute atomic E-state index is 0.870. The third kappa shape index (κ3) is 1.70. The number of anilines is 1. The van der Waals surface area contributed by atoms with Crippen molar-refractivity contribution < 1.29 is 0 Å². The molecule has 0 radical (unpaired) electrons. The van der Waals surface area contributed by atoms with Gasteiger partial charge in [0.1, 0.15) is 0 Å². The fraction of sp³-hybridized carbons (Fsp3) is 0.308. The van der Waals surface area contributed by atoms with Crippen LogP contribution in [-0.4, -0.2) is 16.3 Å². The van der Waals surface area contributed by atoms with Crippen LogP contribution in [-0.2, 0) is 20.0 Å². The summed E-state index contributed by atoms with van der Waals surface area (Å²) >= 11 is 0. The van der Waals surface area contributed by atoms with Gasteiger partial charge in [-0.2, -0.15) is 5.10 Å². The molecule has 1 aliphatic rings. The van der Waals surface area contributed by atoms with Crippen molar-refractivity contribution in [2.45, 2.75) is 13.0 Å². The second-order valence-corrected chi connectivity index (χ2v) is 4.49. The first-order valence-corrected chi connectivity index (χ1v) is 5.85. The molecule has 88 valence electrons. The van der Waals surface area contributed by atoms with E-state index in [9.17, 15) is 0 Å². The number of benzene rings is 1. The molecular formula is C13H16N4. The van der Waals surface area contributed by atoms with Gasteiger partial charge in [-0.15, -0.1) is 0 Å². The lowest BCUT2D eigenvalue weighted by Crippen LogP contribution is -2.25. The molecule has 1 aliphatic heterocycles. The van der Waals surface area contributed by atoms with Crippen molar-refractivity contribution >= 4 is 5.69 Å². The summed E-state index contributed by atoms with van der Waals surface area (Å²) in [5.41, 5.74) is 12.0. The zero-order valence-corrected chi connectivity index (χ0v) is 9.90. The van der Waals surface area contributed by atoms with E-state index >= 15 is 0 Å². The van der Waals surface area contributed by atoms with Crippen molar-refractivity contribution in [3.63, 3.8) is 0 Å². The Hall–Kier alpha value is -1.81. The largest absolute Gasteiger partial charge is 0.398 e. The Morgan fingerprint density at radius 1 is 1.35 bits per heavy atom. The summed E-state index contributed by atoms with van der Waals surface area (Å²) in [5, 5.41) is 7.60. The molecule has 0 fully saturated rings. The van der Waals surface area contributed by atoms with Crippen molar-refractivity contribution in [1.82, 2.24) is 15.1 Å². The Balaban J connectivity index is 2.17. The van der Waals surface area contributed by atoms with Crippen LogP contribution < -0.4 is 11.1 Å². The van der Waals surface area contributed by atoms with Crippen LogP contribution in [0.5, 0.6) is 0 Å². The van der Waals surface area contributed by atoms with Gasteiger partial charge < -0.3 is 11.1 Å². The lowest BCUT2D eigenvalue weighted by molar-refractivity contribution is 0.646. The predicted molar refractivity (Wildman–Crippen MR) is 68.5 cm³/mol. The molecule has 1 aromatic heterocycles. The molecule has 4 nitrogen and oxygen atoms in total. The Morgan fingerprint density at radius 3 is 3.00 bits per heavy atom. The maximum Gasteiger partial charge on any atom is 0.0568 e. The van der Waals surface area contributed by atoms with E-state index in [1.807, 2.05) is 30.2 Å². The van der Waals surface area contributed by atoms with E-state index in [1.165, 1.54) is 22.3 Å². The van der Waals surface area contributed by atoms with Crippen LogP contribution in [0.3, 0.4) is 0 Å². The van der Waals surface area contributed by atoms with Crippen LogP contribution in [0.15, 0.2) is 24.5 Å². The monoisotopic (exact) mass is 228 g/mol. The standard InChI is InChI=1S/C13H16N4/c1-17-8-9(6-16-17)10-2-3-13(14)12-7-15-5-4-11(10)12/h2-3,6,8,15H,4-5,7,14H2,1H3. The molecule has 17 heavy (non-hydrogen) atoms. The molecule has 3 N–H and O–H groups in total. The van der Waals surface area contributed by atoms with Gasteiger partial charge in [-0.25, -0.2) is 0 Å². The SMILES string of the molecule is Cn1cc(-c2ccc(N)c3c2CCNC3)cn1. The van der Waals surface area contributed by atoms with Crippen molar-refractivity contribution in [3.8, 4) is 11.1 Å². The number of aromatic nitrogens is 2. The highest BCUT2D eigenvalue weighted by Gasteiger charge is 2.16. The van der Waals surface area contributed by atoms with E-state index in [2.05, 4.69) is 16.5 Å². The zero-order chi connectivity index (χ0) is 11.8. The average molecular weight is 228 g/mol. The molecule has 0 spiro atoms. The molecule has 0 aliphatic carbocycles. The molecular weight excluding hydrogens is 212 g/mol. The summed E-state index contributed by atoms with van der Waals surface area (Å²) in [4.78, 5) is 0. The summed E-state index contributed by atoms with van der Waals surface area (Å²) in [5.74, 6) is 0. The van der Waals surface area contributed by atoms with Gasteiger partial charge in [0.15, 0.2) is 0 Å². The number of hydrogen-bond donors (Lipinski definition) is 2. The van der Waals surface area contributed by atoms with Gasteiger partial charge in [0, 0.05) is 31.0 Å². The molecule has 0 amide bonds. The summed E-state index contributed by atoms with van der Waals surface area (Å²) in [6.07, 6.45) is 4.99. The van der Waals surface area contributed by atoms with Gasteiger partial charge in [0.2, 0.25) is 0 Å².